The fraction of sp³-hybridized carbons (Fsp3) is 0.438. The van der Waals surface area contributed by atoms with Gasteiger partial charge in [-0.25, -0.2) is 4.98 Å². The molecule has 2 aliphatic rings. The Balaban J connectivity index is 1.48. The molecule has 0 aromatic carbocycles. The summed E-state index contributed by atoms with van der Waals surface area (Å²) in [5, 5.41) is 7.92. The molecule has 0 bridgehead atoms. The standard InChI is InChI=1S/C16H17N5O3S/c22-12(8-21-13(23)9-25-16(21)24)20-6-2-3-10(7-20)14-11-4-1-5-17-15(11)19-18-14/h1,4-5,10H,2-3,6-9H2,(H,17,18,19)/t10-/m0/s1. The lowest BCUT2D eigenvalue weighted by Gasteiger charge is -2.33. The summed E-state index contributed by atoms with van der Waals surface area (Å²) in [7, 11) is 0. The first-order valence-electron chi connectivity index (χ1n) is 8.17. The number of hydrogen-bond donors (Lipinski definition) is 1. The average molecular weight is 359 g/mol. The molecule has 1 N–H and O–H groups in total. The quantitative estimate of drug-likeness (QED) is 0.888. The van der Waals surface area contributed by atoms with E-state index in [1.54, 1.807) is 11.1 Å². The largest absolute Gasteiger partial charge is 0.340 e. The minimum Gasteiger partial charge on any atom is -0.340 e. The molecule has 130 valence electrons. The number of nitrogens with one attached hydrogen (secondary N) is 1. The normalized spacial score (nSPS) is 21.4. The highest BCUT2D eigenvalue weighted by molar-refractivity contribution is 8.14. The van der Waals surface area contributed by atoms with Gasteiger partial charge in [-0.1, -0.05) is 11.8 Å². The van der Waals surface area contributed by atoms with E-state index in [-0.39, 0.29) is 35.3 Å². The van der Waals surface area contributed by atoms with E-state index in [2.05, 4.69) is 15.2 Å². The van der Waals surface area contributed by atoms with Crippen LogP contribution in [0.3, 0.4) is 0 Å². The third-order valence-corrected chi connectivity index (χ3v) is 5.53. The number of aromatic amines is 1. The van der Waals surface area contributed by atoms with Crippen LogP contribution in [-0.2, 0) is 9.59 Å². The number of H-pyrrole nitrogens is 1. The molecule has 4 heterocycles. The third-order valence-electron chi connectivity index (χ3n) is 4.68. The Morgan fingerprint density at radius 1 is 1.40 bits per heavy atom. The smallest absolute Gasteiger partial charge is 0.289 e. The number of aromatic nitrogens is 3. The highest BCUT2D eigenvalue weighted by atomic mass is 32.2. The maximum Gasteiger partial charge on any atom is 0.289 e. The first kappa shape index (κ1) is 16.1. The number of piperidine rings is 1. The fourth-order valence-corrected chi connectivity index (χ4v) is 4.11. The molecule has 2 aliphatic heterocycles. The topological polar surface area (TPSA) is 99.3 Å². The van der Waals surface area contributed by atoms with Crippen molar-refractivity contribution >= 4 is 39.8 Å². The summed E-state index contributed by atoms with van der Waals surface area (Å²) in [6, 6.07) is 3.84. The predicted octanol–water partition coefficient (Wildman–Crippen LogP) is 1.36. The van der Waals surface area contributed by atoms with Crippen LogP contribution >= 0.6 is 11.8 Å². The van der Waals surface area contributed by atoms with Gasteiger partial charge < -0.3 is 4.90 Å². The zero-order chi connectivity index (χ0) is 17.4. The van der Waals surface area contributed by atoms with Gasteiger partial charge in [0.15, 0.2) is 5.65 Å². The number of carbonyl (C=O) groups excluding carboxylic acids is 3. The number of imide groups is 1. The van der Waals surface area contributed by atoms with E-state index in [0.29, 0.717) is 18.7 Å². The van der Waals surface area contributed by atoms with Crippen molar-refractivity contribution < 1.29 is 14.4 Å². The summed E-state index contributed by atoms with van der Waals surface area (Å²) in [6.07, 6.45) is 3.52. The van der Waals surface area contributed by atoms with Crippen LogP contribution in [0.4, 0.5) is 4.79 Å². The number of carbonyl (C=O) groups is 3. The third kappa shape index (κ3) is 2.99. The molecular weight excluding hydrogens is 342 g/mol. The van der Waals surface area contributed by atoms with Crippen molar-refractivity contribution in [1.82, 2.24) is 25.0 Å². The lowest BCUT2D eigenvalue weighted by molar-refractivity contribution is -0.137. The lowest BCUT2D eigenvalue weighted by atomic mass is 9.93. The second-order valence-corrected chi connectivity index (χ2v) is 7.15. The van der Waals surface area contributed by atoms with Crippen LogP contribution in [0.5, 0.6) is 0 Å². The van der Waals surface area contributed by atoms with Crippen molar-refractivity contribution in [2.75, 3.05) is 25.4 Å². The van der Waals surface area contributed by atoms with Crippen LogP contribution in [0.2, 0.25) is 0 Å². The minimum absolute atomic E-state index is 0.127. The minimum atomic E-state index is -0.336. The summed E-state index contributed by atoms with van der Waals surface area (Å²) in [5.41, 5.74) is 1.66. The molecule has 3 amide bonds. The lowest BCUT2D eigenvalue weighted by Crippen LogP contribution is -2.45. The van der Waals surface area contributed by atoms with E-state index in [9.17, 15) is 14.4 Å². The average Bonchev–Trinajstić information content (AvgIpc) is 3.20. The van der Waals surface area contributed by atoms with E-state index < -0.39 is 0 Å². The molecule has 0 spiro atoms. The first-order valence-corrected chi connectivity index (χ1v) is 9.16. The van der Waals surface area contributed by atoms with Crippen molar-refractivity contribution in [3.63, 3.8) is 0 Å². The molecular formula is C16H17N5O3S. The summed E-state index contributed by atoms with van der Waals surface area (Å²) < 4.78 is 0. The molecule has 2 fully saturated rings. The molecule has 8 nitrogen and oxygen atoms in total. The van der Waals surface area contributed by atoms with Crippen molar-refractivity contribution in [2.45, 2.75) is 18.8 Å². The summed E-state index contributed by atoms with van der Waals surface area (Å²) >= 11 is 0.949. The van der Waals surface area contributed by atoms with E-state index in [4.69, 9.17) is 0 Å². The molecule has 2 aromatic heterocycles. The molecule has 4 rings (SSSR count). The molecule has 0 unspecified atom stereocenters. The number of nitrogens with zero attached hydrogens (tertiary/aromatic N) is 4. The highest BCUT2D eigenvalue weighted by Crippen LogP contribution is 2.30. The van der Waals surface area contributed by atoms with Gasteiger partial charge >= 0.3 is 0 Å². The zero-order valence-electron chi connectivity index (χ0n) is 13.5. The molecule has 25 heavy (non-hydrogen) atoms. The second-order valence-electron chi connectivity index (χ2n) is 6.23. The predicted molar refractivity (Wildman–Crippen MR) is 92.0 cm³/mol. The number of hydrogen-bond acceptors (Lipinski definition) is 6. The van der Waals surface area contributed by atoms with Gasteiger partial charge in [-0.2, -0.15) is 5.10 Å². The van der Waals surface area contributed by atoms with Crippen LogP contribution in [-0.4, -0.2) is 67.4 Å². The Bertz CT molecular complexity index is 835. The summed E-state index contributed by atoms with van der Waals surface area (Å²) in [6.45, 7) is 1.03. The number of rotatable bonds is 3. The number of thioether (sulfide) groups is 1. The molecule has 0 aliphatic carbocycles. The monoisotopic (exact) mass is 359 g/mol. The SMILES string of the molecule is O=C(CN1C(=O)CSC1=O)N1CCC[C@H](c2[nH]nc3ncccc23)C1. The first-order chi connectivity index (χ1) is 12.1. The number of likely N-dealkylation sites (tertiary alicyclic amines) is 1. The number of pyridine rings is 1. The second kappa shape index (κ2) is 6.47. The van der Waals surface area contributed by atoms with Crippen LogP contribution in [0.25, 0.3) is 11.0 Å². The van der Waals surface area contributed by atoms with Gasteiger partial charge in [0, 0.05) is 36.3 Å². The van der Waals surface area contributed by atoms with Gasteiger partial charge in [0.1, 0.15) is 6.54 Å². The Kier molecular flexibility index (Phi) is 4.16. The maximum absolute atomic E-state index is 12.6. The van der Waals surface area contributed by atoms with Gasteiger partial charge in [0.05, 0.1) is 5.75 Å². The van der Waals surface area contributed by atoms with E-state index in [0.717, 1.165) is 40.6 Å². The van der Waals surface area contributed by atoms with Crippen molar-refractivity contribution in [3.05, 3.63) is 24.0 Å². The van der Waals surface area contributed by atoms with Gasteiger partial charge in [0.2, 0.25) is 11.8 Å². The molecule has 0 saturated carbocycles. The highest BCUT2D eigenvalue weighted by Gasteiger charge is 2.34. The summed E-state index contributed by atoms with van der Waals surface area (Å²) in [4.78, 5) is 42.9. The maximum atomic E-state index is 12.6. The van der Waals surface area contributed by atoms with Gasteiger partial charge in [-0.15, -0.1) is 0 Å². The molecule has 9 heteroatoms. The van der Waals surface area contributed by atoms with Crippen molar-refractivity contribution in [1.29, 1.82) is 0 Å². The Morgan fingerprint density at radius 2 is 2.28 bits per heavy atom. The Hall–Kier alpha value is -2.42. The van der Waals surface area contributed by atoms with Gasteiger partial charge in [-0.3, -0.25) is 24.4 Å². The zero-order valence-corrected chi connectivity index (χ0v) is 14.3. The van der Waals surface area contributed by atoms with Crippen molar-refractivity contribution in [3.8, 4) is 0 Å². The van der Waals surface area contributed by atoms with Crippen LogP contribution < -0.4 is 0 Å². The molecule has 1 atom stereocenters. The van der Waals surface area contributed by atoms with E-state index in [1.165, 1.54) is 0 Å². The summed E-state index contributed by atoms with van der Waals surface area (Å²) in [5.74, 6) is -0.202. The van der Waals surface area contributed by atoms with Crippen LogP contribution in [0, 0.1) is 0 Å². The molecule has 0 radical (unpaired) electrons. The van der Waals surface area contributed by atoms with Gasteiger partial charge in [-0.05, 0) is 25.0 Å². The van der Waals surface area contributed by atoms with E-state index >= 15 is 0 Å². The fourth-order valence-electron chi connectivity index (χ4n) is 3.39. The van der Waals surface area contributed by atoms with Crippen LogP contribution in [0.15, 0.2) is 18.3 Å². The van der Waals surface area contributed by atoms with Crippen molar-refractivity contribution in [2.24, 2.45) is 0 Å². The van der Waals surface area contributed by atoms with Crippen LogP contribution in [0.1, 0.15) is 24.5 Å². The molecule has 2 aromatic rings. The number of fused-ring (bicyclic) bond motifs is 1. The Labute approximate surface area is 147 Å². The number of amides is 3. The van der Waals surface area contributed by atoms with Gasteiger partial charge in [0.25, 0.3) is 5.24 Å². The Morgan fingerprint density at radius 3 is 3.08 bits per heavy atom. The van der Waals surface area contributed by atoms with E-state index in [1.807, 2.05) is 12.1 Å². The molecule has 2 saturated heterocycles.